The molecule has 0 spiro atoms. The first-order chi connectivity index (χ1) is 11.9. The first kappa shape index (κ1) is 15.6. The average Bonchev–Trinajstić information content (AvgIpc) is 2.64. The van der Waals surface area contributed by atoms with Gasteiger partial charge < -0.3 is 9.47 Å². The summed E-state index contributed by atoms with van der Waals surface area (Å²) in [5.74, 6) is 1.88. The summed E-state index contributed by atoms with van der Waals surface area (Å²) in [7, 11) is 0. The van der Waals surface area contributed by atoms with Crippen LogP contribution in [0.1, 0.15) is 5.56 Å². The molecule has 0 N–H and O–H groups in total. The summed E-state index contributed by atoms with van der Waals surface area (Å²) in [6.07, 6.45) is 5.73. The van der Waals surface area contributed by atoms with Crippen LogP contribution >= 0.6 is 0 Å². The van der Waals surface area contributed by atoms with Crippen LogP contribution in [0, 0.1) is 0 Å². The summed E-state index contributed by atoms with van der Waals surface area (Å²) in [5.41, 5.74) is 1.12. The average molecular weight is 314 g/mol. The molecule has 2 heteroatoms. The highest BCUT2D eigenvalue weighted by atomic mass is 16.7. The van der Waals surface area contributed by atoms with Crippen molar-refractivity contribution in [2.24, 2.45) is 0 Å². The van der Waals surface area contributed by atoms with E-state index in [9.17, 15) is 0 Å². The van der Waals surface area contributed by atoms with E-state index in [1.165, 1.54) is 0 Å². The highest BCUT2D eigenvalue weighted by Crippen LogP contribution is 2.18. The molecule has 0 unspecified atom stereocenters. The van der Waals surface area contributed by atoms with Gasteiger partial charge in [-0.15, -0.1) is 0 Å². The molecule has 0 saturated heterocycles. The molecule has 0 aliphatic rings. The largest absolute Gasteiger partial charge is 0.426 e. The topological polar surface area (TPSA) is 18.5 Å². The fourth-order valence-corrected chi connectivity index (χ4v) is 2.10. The van der Waals surface area contributed by atoms with E-state index in [-0.39, 0.29) is 0 Å². The van der Waals surface area contributed by atoms with Gasteiger partial charge in [-0.2, -0.15) is 0 Å². The number of rotatable bonds is 6. The third-order valence-corrected chi connectivity index (χ3v) is 3.24. The molecule has 0 aliphatic carbocycles. The zero-order chi connectivity index (χ0) is 16.5. The summed E-state index contributed by atoms with van der Waals surface area (Å²) in [5, 5.41) is 0. The van der Waals surface area contributed by atoms with Crippen LogP contribution < -0.4 is 9.47 Å². The zero-order valence-corrected chi connectivity index (χ0v) is 13.2. The van der Waals surface area contributed by atoms with Crippen LogP contribution in [0.4, 0.5) is 0 Å². The van der Waals surface area contributed by atoms with Crippen LogP contribution in [-0.2, 0) is 0 Å². The lowest BCUT2D eigenvalue weighted by molar-refractivity contribution is 0.226. The summed E-state index contributed by atoms with van der Waals surface area (Å²) >= 11 is 0. The van der Waals surface area contributed by atoms with Crippen LogP contribution in [0.25, 0.3) is 6.08 Å². The number of hydrogen-bond acceptors (Lipinski definition) is 2. The predicted molar refractivity (Wildman–Crippen MR) is 97.7 cm³/mol. The molecule has 0 aliphatic heterocycles. The number of para-hydroxylation sites is 2. The van der Waals surface area contributed by atoms with Gasteiger partial charge in [-0.25, -0.2) is 0 Å². The third-order valence-electron chi connectivity index (χ3n) is 3.24. The highest BCUT2D eigenvalue weighted by Gasteiger charge is 2.02. The smallest absolute Gasteiger partial charge is 0.290 e. The van der Waals surface area contributed by atoms with E-state index < -0.39 is 0 Å². The minimum atomic E-state index is 0.416. The van der Waals surface area contributed by atoms with Crippen molar-refractivity contribution in [3.8, 4) is 11.5 Å². The van der Waals surface area contributed by atoms with Gasteiger partial charge in [0.1, 0.15) is 11.5 Å². The Balaban J connectivity index is 1.78. The molecule has 0 aromatic heterocycles. The quantitative estimate of drug-likeness (QED) is 0.429. The van der Waals surface area contributed by atoms with Crippen LogP contribution in [-0.4, -0.2) is 0 Å². The van der Waals surface area contributed by atoms with Crippen LogP contribution in [0.5, 0.6) is 11.5 Å². The van der Waals surface area contributed by atoms with Gasteiger partial charge in [-0.3, -0.25) is 0 Å². The summed E-state index contributed by atoms with van der Waals surface area (Å²) in [6.45, 7) is 0. The van der Waals surface area contributed by atoms with Gasteiger partial charge in [0.05, 0.1) is 0 Å². The van der Waals surface area contributed by atoms with E-state index in [1.807, 2.05) is 109 Å². The van der Waals surface area contributed by atoms with Gasteiger partial charge in [-0.05, 0) is 29.8 Å². The lowest BCUT2D eigenvalue weighted by atomic mass is 10.2. The van der Waals surface area contributed by atoms with Crippen molar-refractivity contribution in [2.45, 2.75) is 0 Å². The van der Waals surface area contributed by atoms with E-state index in [2.05, 4.69) is 0 Å². The van der Waals surface area contributed by atoms with E-state index >= 15 is 0 Å². The lowest BCUT2D eigenvalue weighted by Crippen LogP contribution is -2.03. The number of hydrogen-bond donors (Lipinski definition) is 0. The second-order valence-electron chi connectivity index (χ2n) is 5.09. The zero-order valence-electron chi connectivity index (χ0n) is 13.2. The second kappa shape index (κ2) is 8.39. The molecule has 3 rings (SSSR count). The number of allylic oxidation sites excluding steroid dienone is 2. The Kier molecular flexibility index (Phi) is 5.47. The van der Waals surface area contributed by atoms with Gasteiger partial charge in [0.25, 0.3) is 5.95 Å². The predicted octanol–water partition coefficient (Wildman–Crippen LogP) is 5.70. The van der Waals surface area contributed by atoms with Crippen LogP contribution in [0.15, 0.2) is 109 Å². The maximum atomic E-state index is 5.84. The van der Waals surface area contributed by atoms with Crippen LogP contribution in [0.2, 0.25) is 0 Å². The Labute approximate surface area is 142 Å². The Hall–Kier alpha value is -3.26. The van der Waals surface area contributed by atoms with Gasteiger partial charge in [-0.1, -0.05) is 78.9 Å². The standard InChI is InChI=1S/C22H18O2/c1-4-11-19(12-5-1)13-10-18-22(23-20-14-6-2-7-15-20)24-21-16-8-3-9-17-21/h1-18H/b13-10+. The minimum Gasteiger partial charge on any atom is -0.426 e. The molecular weight excluding hydrogens is 296 g/mol. The Morgan fingerprint density at radius 1 is 0.583 bits per heavy atom. The molecule has 0 bridgehead atoms. The van der Waals surface area contributed by atoms with Crippen molar-refractivity contribution in [3.05, 3.63) is 115 Å². The van der Waals surface area contributed by atoms with Crippen molar-refractivity contribution in [3.63, 3.8) is 0 Å². The van der Waals surface area contributed by atoms with E-state index in [4.69, 9.17) is 9.47 Å². The molecule has 3 aromatic carbocycles. The molecule has 0 amide bonds. The van der Waals surface area contributed by atoms with Gasteiger partial charge >= 0.3 is 0 Å². The van der Waals surface area contributed by atoms with E-state index in [0.29, 0.717) is 5.95 Å². The number of ether oxygens (including phenoxy) is 2. The van der Waals surface area contributed by atoms with E-state index in [1.54, 1.807) is 0 Å². The number of benzene rings is 3. The highest BCUT2D eigenvalue weighted by molar-refractivity contribution is 5.50. The van der Waals surface area contributed by atoms with Crippen molar-refractivity contribution in [1.29, 1.82) is 0 Å². The second-order valence-corrected chi connectivity index (χ2v) is 5.09. The molecule has 0 radical (unpaired) electrons. The molecule has 0 saturated carbocycles. The Morgan fingerprint density at radius 3 is 1.54 bits per heavy atom. The van der Waals surface area contributed by atoms with Crippen molar-refractivity contribution < 1.29 is 9.47 Å². The van der Waals surface area contributed by atoms with Crippen molar-refractivity contribution >= 4 is 6.08 Å². The van der Waals surface area contributed by atoms with Crippen molar-refractivity contribution in [1.82, 2.24) is 0 Å². The van der Waals surface area contributed by atoms with Gasteiger partial charge in [0.15, 0.2) is 0 Å². The lowest BCUT2D eigenvalue weighted by Gasteiger charge is -2.10. The summed E-state index contributed by atoms with van der Waals surface area (Å²) in [4.78, 5) is 0. The minimum absolute atomic E-state index is 0.416. The first-order valence-electron chi connectivity index (χ1n) is 7.79. The monoisotopic (exact) mass is 314 g/mol. The van der Waals surface area contributed by atoms with E-state index in [0.717, 1.165) is 17.1 Å². The SMILES string of the molecule is C(/C=C/c1ccccc1)=C(Oc1ccccc1)Oc1ccccc1. The Bertz CT molecular complexity index is 748. The van der Waals surface area contributed by atoms with Gasteiger partial charge in [0.2, 0.25) is 0 Å². The summed E-state index contributed by atoms with van der Waals surface area (Å²) in [6, 6.07) is 29.3. The molecule has 2 nitrogen and oxygen atoms in total. The fourth-order valence-electron chi connectivity index (χ4n) is 2.10. The summed E-state index contributed by atoms with van der Waals surface area (Å²) < 4.78 is 11.7. The normalized spacial score (nSPS) is 10.3. The molecular formula is C22H18O2. The maximum Gasteiger partial charge on any atom is 0.290 e. The molecule has 24 heavy (non-hydrogen) atoms. The van der Waals surface area contributed by atoms with Gasteiger partial charge in [0, 0.05) is 6.08 Å². The maximum absolute atomic E-state index is 5.84. The Morgan fingerprint density at radius 2 is 1.04 bits per heavy atom. The molecule has 118 valence electrons. The van der Waals surface area contributed by atoms with Crippen LogP contribution in [0.3, 0.4) is 0 Å². The molecule has 3 aromatic rings. The molecule has 0 atom stereocenters. The fraction of sp³-hybridized carbons (Fsp3) is 0. The molecule has 0 heterocycles. The third kappa shape index (κ3) is 4.89. The van der Waals surface area contributed by atoms with Crippen molar-refractivity contribution in [2.75, 3.05) is 0 Å². The molecule has 0 fully saturated rings. The first-order valence-corrected chi connectivity index (χ1v) is 7.79.